The maximum Gasteiger partial charge on any atom is 0.211 e. The van der Waals surface area contributed by atoms with Gasteiger partial charge in [0, 0.05) is 25.0 Å². The van der Waals surface area contributed by atoms with Crippen LogP contribution < -0.4 is 5.32 Å². The molecule has 4 nitrogen and oxygen atoms in total. The van der Waals surface area contributed by atoms with Gasteiger partial charge in [-0.1, -0.05) is 19.8 Å². The summed E-state index contributed by atoms with van der Waals surface area (Å²) in [6, 6.07) is 0.536. The maximum atomic E-state index is 12.0. The van der Waals surface area contributed by atoms with Crippen LogP contribution in [0.5, 0.6) is 0 Å². The zero-order valence-electron chi connectivity index (χ0n) is 10.5. The van der Waals surface area contributed by atoms with Crippen molar-refractivity contribution >= 4 is 5.78 Å². The number of Topliss-reactive ketones (excluding diaryl/α,β-unsaturated/α-hetero) is 1. The molecule has 1 heterocycles. The highest BCUT2D eigenvalue weighted by Gasteiger charge is 2.17. The lowest BCUT2D eigenvalue weighted by molar-refractivity contribution is 0.0973. The molecular weight excluding hydrogens is 214 g/mol. The van der Waals surface area contributed by atoms with Crippen molar-refractivity contribution in [2.45, 2.75) is 51.6 Å². The standard InChI is InChI=1S/C13H21N3O/c1-2-8-16-9-7-14-13(16)12(17)10-15-11-5-3-4-6-11/h7,9,11,15H,2-6,8,10H2,1H3. The number of nitrogens with one attached hydrogen (secondary N) is 1. The Kier molecular flexibility index (Phi) is 4.31. The fourth-order valence-electron chi connectivity index (χ4n) is 2.43. The monoisotopic (exact) mass is 235 g/mol. The second kappa shape index (κ2) is 5.96. The molecule has 0 spiro atoms. The van der Waals surface area contributed by atoms with Gasteiger partial charge in [0.25, 0.3) is 0 Å². The Hall–Kier alpha value is -1.16. The Morgan fingerprint density at radius 3 is 3.00 bits per heavy atom. The maximum absolute atomic E-state index is 12.0. The molecule has 0 aromatic carbocycles. The molecule has 1 fully saturated rings. The van der Waals surface area contributed by atoms with Crippen molar-refractivity contribution in [2.24, 2.45) is 0 Å². The fourth-order valence-corrected chi connectivity index (χ4v) is 2.43. The van der Waals surface area contributed by atoms with Crippen LogP contribution >= 0.6 is 0 Å². The number of nitrogens with zero attached hydrogens (tertiary/aromatic N) is 2. The lowest BCUT2D eigenvalue weighted by Gasteiger charge is -2.11. The molecule has 1 aliphatic rings. The Balaban J connectivity index is 1.87. The molecule has 2 rings (SSSR count). The van der Waals surface area contributed by atoms with Crippen LogP contribution in [0.3, 0.4) is 0 Å². The second-order valence-electron chi connectivity index (χ2n) is 4.73. The van der Waals surface area contributed by atoms with E-state index in [0.29, 0.717) is 18.4 Å². The number of rotatable bonds is 6. The van der Waals surface area contributed by atoms with E-state index in [9.17, 15) is 4.79 Å². The molecule has 1 aromatic heterocycles. The molecule has 4 heteroatoms. The normalized spacial score (nSPS) is 16.5. The number of ketones is 1. The Labute approximate surface area is 102 Å². The number of carbonyl (C=O) groups excluding carboxylic acids is 1. The van der Waals surface area contributed by atoms with Crippen molar-refractivity contribution < 1.29 is 4.79 Å². The van der Waals surface area contributed by atoms with Crippen LogP contribution in [0.2, 0.25) is 0 Å². The minimum Gasteiger partial charge on any atom is -0.328 e. The highest BCUT2D eigenvalue weighted by molar-refractivity contribution is 5.94. The summed E-state index contributed by atoms with van der Waals surface area (Å²) < 4.78 is 1.94. The van der Waals surface area contributed by atoms with Crippen molar-refractivity contribution in [2.75, 3.05) is 6.54 Å². The van der Waals surface area contributed by atoms with Crippen LogP contribution in [-0.4, -0.2) is 27.9 Å². The van der Waals surface area contributed by atoms with Crippen LogP contribution in [0.25, 0.3) is 0 Å². The van der Waals surface area contributed by atoms with E-state index >= 15 is 0 Å². The van der Waals surface area contributed by atoms with Crippen LogP contribution in [0.1, 0.15) is 49.6 Å². The van der Waals surface area contributed by atoms with Gasteiger partial charge in [-0.3, -0.25) is 4.79 Å². The number of hydrogen-bond acceptors (Lipinski definition) is 3. The van der Waals surface area contributed by atoms with E-state index in [-0.39, 0.29) is 5.78 Å². The average molecular weight is 235 g/mol. The van der Waals surface area contributed by atoms with E-state index in [0.717, 1.165) is 13.0 Å². The summed E-state index contributed by atoms with van der Waals surface area (Å²) in [4.78, 5) is 16.2. The molecule has 0 saturated heterocycles. The first kappa shape index (κ1) is 12.3. The lowest BCUT2D eigenvalue weighted by atomic mass is 10.2. The molecule has 17 heavy (non-hydrogen) atoms. The molecule has 1 aromatic rings. The van der Waals surface area contributed by atoms with Gasteiger partial charge in [0.2, 0.25) is 5.78 Å². The third-order valence-electron chi connectivity index (χ3n) is 3.34. The Morgan fingerprint density at radius 1 is 1.53 bits per heavy atom. The van der Waals surface area contributed by atoms with E-state index in [1.807, 2.05) is 10.8 Å². The Bertz CT molecular complexity index is 366. The molecule has 1 saturated carbocycles. The summed E-state index contributed by atoms with van der Waals surface area (Å²) in [5.41, 5.74) is 0. The summed E-state index contributed by atoms with van der Waals surface area (Å²) >= 11 is 0. The van der Waals surface area contributed by atoms with Crippen molar-refractivity contribution in [1.29, 1.82) is 0 Å². The van der Waals surface area contributed by atoms with Gasteiger partial charge in [0.15, 0.2) is 5.82 Å². The van der Waals surface area contributed by atoms with Gasteiger partial charge in [-0.15, -0.1) is 0 Å². The highest BCUT2D eigenvalue weighted by Crippen LogP contribution is 2.17. The van der Waals surface area contributed by atoms with E-state index in [2.05, 4.69) is 17.2 Å². The first-order valence-corrected chi connectivity index (χ1v) is 6.59. The van der Waals surface area contributed by atoms with Crippen LogP contribution in [-0.2, 0) is 6.54 Å². The molecule has 0 unspecified atom stereocenters. The fraction of sp³-hybridized carbons (Fsp3) is 0.692. The Morgan fingerprint density at radius 2 is 2.29 bits per heavy atom. The number of aromatic nitrogens is 2. The summed E-state index contributed by atoms with van der Waals surface area (Å²) in [5.74, 6) is 0.702. The molecular formula is C13H21N3O. The van der Waals surface area contributed by atoms with Crippen LogP contribution in [0.15, 0.2) is 12.4 Å². The summed E-state index contributed by atoms with van der Waals surface area (Å²) in [6.07, 6.45) is 9.59. The molecule has 0 aliphatic heterocycles. The van der Waals surface area contributed by atoms with Gasteiger partial charge in [0.05, 0.1) is 6.54 Å². The summed E-state index contributed by atoms with van der Waals surface area (Å²) in [7, 11) is 0. The molecule has 94 valence electrons. The third kappa shape index (κ3) is 3.16. The average Bonchev–Trinajstić information content (AvgIpc) is 2.97. The number of imidazole rings is 1. The number of aryl methyl sites for hydroxylation is 1. The zero-order chi connectivity index (χ0) is 12.1. The van der Waals surface area contributed by atoms with E-state index in [1.165, 1.54) is 25.7 Å². The quantitative estimate of drug-likeness (QED) is 0.767. The van der Waals surface area contributed by atoms with Gasteiger partial charge in [-0.25, -0.2) is 4.98 Å². The largest absolute Gasteiger partial charge is 0.328 e. The SMILES string of the molecule is CCCn1ccnc1C(=O)CNC1CCCC1. The first-order chi connectivity index (χ1) is 8.31. The first-order valence-electron chi connectivity index (χ1n) is 6.59. The van der Waals surface area contributed by atoms with Crippen molar-refractivity contribution in [3.63, 3.8) is 0 Å². The molecule has 1 aliphatic carbocycles. The molecule has 0 atom stereocenters. The second-order valence-corrected chi connectivity index (χ2v) is 4.73. The minimum atomic E-state index is 0.107. The summed E-state index contributed by atoms with van der Waals surface area (Å²) in [6.45, 7) is 3.39. The van der Waals surface area contributed by atoms with E-state index < -0.39 is 0 Å². The van der Waals surface area contributed by atoms with Gasteiger partial charge in [-0.2, -0.15) is 0 Å². The predicted molar refractivity (Wildman–Crippen MR) is 67.1 cm³/mol. The third-order valence-corrected chi connectivity index (χ3v) is 3.34. The van der Waals surface area contributed by atoms with E-state index in [4.69, 9.17) is 0 Å². The molecule has 1 N–H and O–H groups in total. The predicted octanol–water partition coefficient (Wildman–Crippen LogP) is 2.01. The molecule has 0 radical (unpaired) electrons. The topological polar surface area (TPSA) is 46.9 Å². The van der Waals surface area contributed by atoms with Gasteiger partial charge in [0.1, 0.15) is 0 Å². The molecule has 0 amide bonds. The lowest BCUT2D eigenvalue weighted by Crippen LogP contribution is -2.32. The molecule has 0 bridgehead atoms. The van der Waals surface area contributed by atoms with Gasteiger partial charge in [-0.05, 0) is 19.3 Å². The van der Waals surface area contributed by atoms with Crippen LogP contribution in [0.4, 0.5) is 0 Å². The van der Waals surface area contributed by atoms with Crippen molar-refractivity contribution in [1.82, 2.24) is 14.9 Å². The van der Waals surface area contributed by atoms with Crippen molar-refractivity contribution in [3.05, 3.63) is 18.2 Å². The minimum absolute atomic E-state index is 0.107. The van der Waals surface area contributed by atoms with Crippen LogP contribution in [0, 0.1) is 0 Å². The van der Waals surface area contributed by atoms with Gasteiger partial charge < -0.3 is 9.88 Å². The number of carbonyl (C=O) groups is 1. The number of hydrogen-bond donors (Lipinski definition) is 1. The van der Waals surface area contributed by atoms with Gasteiger partial charge >= 0.3 is 0 Å². The highest BCUT2D eigenvalue weighted by atomic mass is 16.1. The van der Waals surface area contributed by atoms with Crippen molar-refractivity contribution in [3.8, 4) is 0 Å². The van der Waals surface area contributed by atoms with E-state index in [1.54, 1.807) is 6.20 Å². The zero-order valence-corrected chi connectivity index (χ0v) is 10.5. The smallest absolute Gasteiger partial charge is 0.211 e. The summed E-state index contributed by atoms with van der Waals surface area (Å²) in [5, 5.41) is 3.34.